The Labute approximate surface area is 139 Å². The maximum atomic E-state index is 4.66. The second kappa shape index (κ2) is 12.0. The number of halogens is 1. The number of aryl methyl sites for hydroxylation is 1. The Morgan fingerprint density at radius 3 is 2.75 bits per heavy atom. The van der Waals surface area contributed by atoms with Crippen LogP contribution in [0, 0.1) is 0 Å². The average Bonchev–Trinajstić information content (AvgIpc) is 2.92. The summed E-state index contributed by atoms with van der Waals surface area (Å²) in [6.45, 7) is 8.04. The fraction of sp³-hybridized carbons (Fsp3) is 0.714. The third-order valence-corrected chi connectivity index (χ3v) is 2.91. The molecule has 0 radical (unpaired) electrons. The topological polar surface area (TPSA) is 45.5 Å². The largest absolute Gasteiger partial charge is 0.357 e. The fourth-order valence-electron chi connectivity index (χ4n) is 1.82. The zero-order valence-corrected chi connectivity index (χ0v) is 15.2. The molecule has 0 saturated carbocycles. The third kappa shape index (κ3) is 7.72. The van der Waals surface area contributed by atoms with Gasteiger partial charge in [0.05, 0.1) is 0 Å². The number of hydrogen-bond donors (Lipinski definition) is 1. The zero-order chi connectivity index (χ0) is 13.9. The summed E-state index contributed by atoms with van der Waals surface area (Å²) in [4.78, 5) is 6.87. The smallest absolute Gasteiger partial charge is 0.193 e. The van der Waals surface area contributed by atoms with Gasteiger partial charge in [-0.3, -0.25) is 9.67 Å². The Balaban J connectivity index is 0.00000361. The number of rotatable bonds is 8. The Morgan fingerprint density at radius 2 is 2.15 bits per heavy atom. The highest BCUT2D eigenvalue weighted by Crippen LogP contribution is 1.95. The molecule has 0 aliphatic carbocycles. The number of unbranched alkanes of at least 4 members (excludes halogenated alkanes) is 1. The molecule has 0 unspecified atom stereocenters. The molecule has 6 heteroatoms. The van der Waals surface area contributed by atoms with Crippen molar-refractivity contribution in [2.75, 3.05) is 26.7 Å². The van der Waals surface area contributed by atoms with Crippen LogP contribution >= 0.6 is 24.0 Å². The molecule has 0 aliphatic rings. The van der Waals surface area contributed by atoms with Gasteiger partial charge in [-0.2, -0.15) is 5.10 Å². The molecular formula is C14H28IN5. The van der Waals surface area contributed by atoms with Gasteiger partial charge in [-0.15, -0.1) is 24.0 Å². The monoisotopic (exact) mass is 393 g/mol. The highest BCUT2D eigenvalue weighted by Gasteiger charge is 2.03. The Morgan fingerprint density at radius 1 is 1.35 bits per heavy atom. The van der Waals surface area contributed by atoms with Crippen LogP contribution in [0.5, 0.6) is 0 Å². The summed E-state index contributed by atoms with van der Waals surface area (Å²) >= 11 is 0. The van der Waals surface area contributed by atoms with Gasteiger partial charge in [0.1, 0.15) is 0 Å². The SMILES string of the molecule is CCCCN(C)C(=NCCCn1cccn1)NCC.I. The van der Waals surface area contributed by atoms with Gasteiger partial charge in [-0.05, 0) is 25.8 Å². The van der Waals surface area contributed by atoms with Crippen molar-refractivity contribution in [1.29, 1.82) is 0 Å². The minimum absolute atomic E-state index is 0. The van der Waals surface area contributed by atoms with Crippen LogP contribution < -0.4 is 5.32 Å². The van der Waals surface area contributed by atoms with Gasteiger partial charge in [0.15, 0.2) is 5.96 Å². The van der Waals surface area contributed by atoms with E-state index < -0.39 is 0 Å². The van der Waals surface area contributed by atoms with E-state index in [0.29, 0.717) is 0 Å². The van der Waals surface area contributed by atoms with Gasteiger partial charge in [-0.25, -0.2) is 0 Å². The van der Waals surface area contributed by atoms with E-state index >= 15 is 0 Å². The first-order valence-electron chi connectivity index (χ1n) is 7.24. The molecule has 0 aliphatic heterocycles. The van der Waals surface area contributed by atoms with Crippen LogP contribution in [0.3, 0.4) is 0 Å². The third-order valence-electron chi connectivity index (χ3n) is 2.91. The summed E-state index contributed by atoms with van der Waals surface area (Å²) in [6, 6.07) is 1.95. The van der Waals surface area contributed by atoms with E-state index in [1.807, 2.05) is 23.1 Å². The first-order chi connectivity index (χ1) is 9.27. The van der Waals surface area contributed by atoms with E-state index in [1.54, 1.807) is 0 Å². The quantitative estimate of drug-likeness (QED) is 0.320. The summed E-state index contributed by atoms with van der Waals surface area (Å²) in [5, 5.41) is 7.53. The molecule has 0 amide bonds. The molecule has 0 saturated heterocycles. The lowest BCUT2D eigenvalue weighted by Crippen LogP contribution is -2.39. The van der Waals surface area contributed by atoms with Crippen molar-refractivity contribution in [3.63, 3.8) is 0 Å². The van der Waals surface area contributed by atoms with Crippen molar-refractivity contribution in [1.82, 2.24) is 20.0 Å². The van der Waals surface area contributed by atoms with Gasteiger partial charge in [0.25, 0.3) is 0 Å². The van der Waals surface area contributed by atoms with Crippen LogP contribution in [0.4, 0.5) is 0 Å². The van der Waals surface area contributed by atoms with Crippen LogP contribution in [0.2, 0.25) is 0 Å². The van der Waals surface area contributed by atoms with Crippen molar-refractivity contribution in [2.45, 2.75) is 39.7 Å². The lowest BCUT2D eigenvalue weighted by molar-refractivity contribution is 0.463. The molecule has 1 aromatic heterocycles. The van der Waals surface area contributed by atoms with E-state index in [2.05, 4.69) is 41.2 Å². The molecule has 0 atom stereocenters. The van der Waals surface area contributed by atoms with Crippen LogP contribution in [-0.4, -0.2) is 47.3 Å². The molecule has 116 valence electrons. The van der Waals surface area contributed by atoms with Gasteiger partial charge >= 0.3 is 0 Å². The van der Waals surface area contributed by atoms with Crippen molar-refractivity contribution in [2.24, 2.45) is 4.99 Å². The molecule has 5 nitrogen and oxygen atoms in total. The minimum atomic E-state index is 0. The van der Waals surface area contributed by atoms with Crippen molar-refractivity contribution in [3.05, 3.63) is 18.5 Å². The summed E-state index contributed by atoms with van der Waals surface area (Å²) in [7, 11) is 2.10. The highest BCUT2D eigenvalue weighted by molar-refractivity contribution is 14.0. The van der Waals surface area contributed by atoms with Crippen LogP contribution in [0.1, 0.15) is 33.1 Å². The lowest BCUT2D eigenvalue weighted by Gasteiger charge is -2.21. The second-order valence-corrected chi connectivity index (χ2v) is 4.63. The number of nitrogens with zero attached hydrogens (tertiary/aromatic N) is 4. The molecule has 1 rings (SSSR count). The number of guanidine groups is 1. The van der Waals surface area contributed by atoms with Gasteiger partial charge < -0.3 is 10.2 Å². The maximum absolute atomic E-state index is 4.66. The van der Waals surface area contributed by atoms with Crippen molar-refractivity contribution in [3.8, 4) is 0 Å². The predicted octanol–water partition coefficient (Wildman–Crippen LogP) is 2.59. The van der Waals surface area contributed by atoms with Gasteiger partial charge in [0, 0.05) is 45.6 Å². The Bertz CT molecular complexity index is 350. The zero-order valence-electron chi connectivity index (χ0n) is 12.9. The molecule has 0 bridgehead atoms. The molecule has 1 aromatic rings. The first kappa shape index (κ1) is 19.2. The molecule has 1 N–H and O–H groups in total. The maximum Gasteiger partial charge on any atom is 0.193 e. The molecule has 0 spiro atoms. The fourth-order valence-corrected chi connectivity index (χ4v) is 1.82. The van der Waals surface area contributed by atoms with E-state index in [9.17, 15) is 0 Å². The normalized spacial score (nSPS) is 11.1. The number of hydrogen-bond acceptors (Lipinski definition) is 2. The van der Waals surface area contributed by atoms with Crippen molar-refractivity contribution >= 4 is 29.9 Å². The molecule has 1 heterocycles. The van der Waals surface area contributed by atoms with Crippen LogP contribution in [0.15, 0.2) is 23.5 Å². The van der Waals surface area contributed by atoms with E-state index in [-0.39, 0.29) is 24.0 Å². The highest BCUT2D eigenvalue weighted by atomic mass is 127. The Kier molecular flexibility index (Phi) is 11.5. The Hall–Kier alpha value is -0.790. The minimum Gasteiger partial charge on any atom is -0.357 e. The molecular weight excluding hydrogens is 365 g/mol. The number of aliphatic imine (C=N–C) groups is 1. The average molecular weight is 393 g/mol. The van der Waals surface area contributed by atoms with Gasteiger partial charge in [0.2, 0.25) is 0 Å². The van der Waals surface area contributed by atoms with E-state index in [1.165, 1.54) is 12.8 Å². The number of aromatic nitrogens is 2. The van der Waals surface area contributed by atoms with E-state index in [0.717, 1.165) is 38.6 Å². The van der Waals surface area contributed by atoms with E-state index in [4.69, 9.17) is 0 Å². The predicted molar refractivity (Wildman–Crippen MR) is 95.8 cm³/mol. The second-order valence-electron chi connectivity index (χ2n) is 4.63. The number of nitrogens with one attached hydrogen (secondary N) is 1. The van der Waals surface area contributed by atoms with Gasteiger partial charge in [-0.1, -0.05) is 13.3 Å². The summed E-state index contributed by atoms with van der Waals surface area (Å²) in [6.07, 6.45) is 7.23. The van der Waals surface area contributed by atoms with Crippen LogP contribution in [0.25, 0.3) is 0 Å². The lowest BCUT2D eigenvalue weighted by atomic mass is 10.3. The van der Waals surface area contributed by atoms with Crippen molar-refractivity contribution < 1.29 is 0 Å². The molecule has 20 heavy (non-hydrogen) atoms. The summed E-state index contributed by atoms with van der Waals surface area (Å²) < 4.78 is 1.95. The first-order valence-corrected chi connectivity index (χ1v) is 7.24. The summed E-state index contributed by atoms with van der Waals surface area (Å²) in [5.74, 6) is 1.01. The van der Waals surface area contributed by atoms with Crippen LogP contribution in [-0.2, 0) is 6.54 Å². The standard InChI is InChI=1S/C14H27N5.HI/c1-4-6-11-18(3)14(15-5-2)16-9-7-12-19-13-8-10-17-19;/h8,10,13H,4-7,9,11-12H2,1-3H3,(H,15,16);1H. The summed E-state index contributed by atoms with van der Waals surface area (Å²) in [5.41, 5.74) is 0. The molecule has 0 aromatic carbocycles. The molecule has 0 fully saturated rings.